The molecule has 0 fully saturated rings. The monoisotopic (exact) mass is 196 g/mol. The third-order valence-electron chi connectivity index (χ3n) is 2.12. The second-order valence-corrected chi connectivity index (χ2v) is 5.03. The van der Waals surface area contributed by atoms with Gasteiger partial charge in [0.2, 0.25) is 0 Å². The van der Waals surface area contributed by atoms with Crippen LogP contribution in [-0.2, 0) is 13.5 Å². The largest absolute Gasteiger partial charge is 0.327 e. The molecule has 4 nitrogen and oxygen atoms in total. The summed E-state index contributed by atoms with van der Waals surface area (Å²) < 4.78 is 1.78. The van der Waals surface area contributed by atoms with Crippen molar-refractivity contribution in [3.8, 4) is 0 Å². The van der Waals surface area contributed by atoms with Crippen LogP contribution in [0.15, 0.2) is 6.33 Å². The summed E-state index contributed by atoms with van der Waals surface area (Å²) in [7, 11) is 1.89. The van der Waals surface area contributed by atoms with Crippen molar-refractivity contribution in [3.05, 3.63) is 12.2 Å². The zero-order valence-corrected chi connectivity index (χ0v) is 9.49. The highest BCUT2D eigenvalue weighted by atomic mass is 15.3. The van der Waals surface area contributed by atoms with Crippen molar-refractivity contribution in [1.82, 2.24) is 14.8 Å². The minimum atomic E-state index is 0.165. The maximum absolute atomic E-state index is 6.04. The van der Waals surface area contributed by atoms with E-state index >= 15 is 0 Å². The van der Waals surface area contributed by atoms with Crippen LogP contribution in [0.3, 0.4) is 0 Å². The van der Waals surface area contributed by atoms with Gasteiger partial charge in [-0.3, -0.25) is 4.68 Å². The summed E-state index contributed by atoms with van der Waals surface area (Å²) in [5.41, 5.74) is 6.31. The smallest absolute Gasteiger partial charge is 0.138 e. The number of rotatable bonds is 3. The summed E-state index contributed by atoms with van der Waals surface area (Å²) in [6.07, 6.45) is 3.37. The van der Waals surface area contributed by atoms with Crippen LogP contribution >= 0.6 is 0 Å². The minimum absolute atomic E-state index is 0.165. The van der Waals surface area contributed by atoms with Crippen LogP contribution in [0.2, 0.25) is 0 Å². The average Bonchev–Trinajstić information content (AvgIpc) is 2.32. The molecule has 0 aliphatic carbocycles. The number of aryl methyl sites for hydroxylation is 1. The molecule has 0 aromatic carbocycles. The van der Waals surface area contributed by atoms with Gasteiger partial charge in [0.25, 0.3) is 0 Å². The minimum Gasteiger partial charge on any atom is -0.327 e. The molecule has 1 atom stereocenters. The molecule has 4 heteroatoms. The van der Waals surface area contributed by atoms with Crippen LogP contribution < -0.4 is 5.73 Å². The van der Waals surface area contributed by atoms with E-state index in [4.69, 9.17) is 5.73 Å². The lowest BCUT2D eigenvalue weighted by atomic mass is 9.87. The standard InChI is InChI=1S/C10H20N4/c1-10(2,3)6-8(11)5-9-12-7-13-14(9)4/h7-8H,5-6,11H2,1-4H3. The lowest BCUT2D eigenvalue weighted by molar-refractivity contribution is 0.335. The van der Waals surface area contributed by atoms with Crippen LogP contribution in [0, 0.1) is 5.41 Å². The molecule has 0 bridgehead atoms. The van der Waals surface area contributed by atoms with Gasteiger partial charge in [0, 0.05) is 19.5 Å². The normalized spacial score (nSPS) is 14.4. The summed E-state index contributed by atoms with van der Waals surface area (Å²) >= 11 is 0. The van der Waals surface area contributed by atoms with Gasteiger partial charge in [0.15, 0.2) is 0 Å². The van der Waals surface area contributed by atoms with E-state index in [1.807, 2.05) is 7.05 Å². The molecule has 0 amide bonds. The second-order valence-electron chi connectivity index (χ2n) is 5.03. The van der Waals surface area contributed by atoms with E-state index in [2.05, 4.69) is 30.9 Å². The highest BCUT2D eigenvalue weighted by Gasteiger charge is 2.17. The van der Waals surface area contributed by atoms with E-state index in [0.29, 0.717) is 0 Å². The van der Waals surface area contributed by atoms with Crippen LogP contribution in [0.4, 0.5) is 0 Å². The van der Waals surface area contributed by atoms with Crippen molar-refractivity contribution < 1.29 is 0 Å². The third-order valence-corrected chi connectivity index (χ3v) is 2.12. The lowest BCUT2D eigenvalue weighted by Crippen LogP contribution is -2.29. The number of hydrogen-bond donors (Lipinski definition) is 1. The molecule has 80 valence electrons. The van der Waals surface area contributed by atoms with Crippen molar-refractivity contribution in [2.75, 3.05) is 0 Å². The Bertz CT molecular complexity index is 285. The molecular weight excluding hydrogens is 176 g/mol. The third kappa shape index (κ3) is 3.46. The molecule has 1 heterocycles. The second kappa shape index (κ2) is 4.09. The van der Waals surface area contributed by atoms with E-state index in [1.165, 1.54) is 0 Å². The van der Waals surface area contributed by atoms with Gasteiger partial charge in [-0.05, 0) is 11.8 Å². The molecule has 0 aliphatic rings. The molecule has 0 spiro atoms. The summed E-state index contributed by atoms with van der Waals surface area (Å²) in [6, 6.07) is 0.165. The van der Waals surface area contributed by atoms with E-state index in [9.17, 15) is 0 Å². The van der Waals surface area contributed by atoms with Gasteiger partial charge in [-0.15, -0.1) is 0 Å². The fraction of sp³-hybridized carbons (Fsp3) is 0.800. The zero-order chi connectivity index (χ0) is 10.8. The van der Waals surface area contributed by atoms with Crippen LogP contribution in [0.1, 0.15) is 33.0 Å². The van der Waals surface area contributed by atoms with E-state index in [1.54, 1.807) is 11.0 Å². The van der Waals surface area contributed by atoms with E-state index in [-0.39, 0.29) is 11.5 Å². The number of hydrogen-bond acceptors (Lipinski definition) is 3. The van der Waals surface area contributed by atoms with Gasteiger partial charge < -0.3 is 5.73 Å². The SMILES string of the molecule is Cn1ncnc1CC(N)CC(C)(C)C. The first-order chi connectivity index (χ1) is 6.38. The van der Waals surface area contributed by atoms with Gasteiger partial charge >= 0.3 is 0 Å². The maximum Gasteiger partial charge on any atom is 0.138 e. The quantitative estimate of drug-likeness (QED) is 0.788. The van der Waals surface area contributed by atoms with Crippen LogP contribution in [0.5, 0.6) is 0 Å². The molecule has 0 saturated carbocycles. The van der Waals surface area contributed by atoms with Gasteiger partial charge in [-0.2, -0.15) is 5.10 Å². The molecule has 1 aromatic rings. The lowest BCUT2D eigenvalue weighted by Gasteiger charge is -2.22. The Labute approximate surface area is 85.5 Å². The van der Waals surface area contributed by atoms with Gasteiger partial charge in [0.1, 0.15) is 12.2 Å². The van der Waals surface area contributed by atoms with Crippen LogP contribution in [-0.4, -0.2) is 20.8 Å². The summed E-state index contributed by atoms with van der Waals surface area (Å²) in [6.45, 7) is 6.59. The van der Waals surface area contributed by atoms with Crippen molar-refractivity contribution in [2.24, 2.45) is 18.2 Å². The van der Waals surface area contributed by atoms with E-state index < -0.39 is 0 Å². The maximum atomic E-state index is 6.04. The van der Waals surface area contributed by atoms with Gasteiger partial charge in [-0.25, -0.2) is 4.98 Å². The number of aromatic nitrogens is 3. The van der Waals surface area contributed by atoms with Crippen molar-refractivity contribution in [1.29, 1.82) is 0 Å². The molecule has 0 aliphatic heterocycles. The Morgan fingerprint density at radius 3 is 2.57 bits per heavy atom. The predicted molar refractivity (Wildman–Crippen MR) is 56.8 cm³/mol. The predicted octanol–water partition coefficient (Wildman–Crippen LogP) is 1.12. The molecule has 0 radical (unpaired) electrons. The van der Waals surface area contributed by atoms with Gasteiger partial charge in [0.05, 0.1) is 0 Å². The Balaban J connectivity index is 2.50. The summed E-state index contributed by atoms with van der Waals surface area (Å²) in [4.78, 5) is 4.16. The topological polar surface area (TPSA) is 56.7 Å². The average molecular weight is 196 g/mol. The first-order valence-electron chi connectivity index (χ1n) is 4.97. The summed E-state index contributed by atoms with van der Waals surface area (Å²) in [5.74, 6) is 0.960. The Morgan fingerprint density at radius 1 is 1.50 bits per heavy atom. The molecular formula is C10H20N4. The van der Waals surface area contributed by atoms with Crippen LogP contribution in [0.25, 0.3) is 0 Å². The number of nitrogens with two attached hydrogens (primary N) is 1. The Morgan fingerprint density at radius 2 is 2.14 bits per heavy atom. The van der Waals surface area contributed by atoms with Crippen molar-refractivity contribution >= 4 is 0 Å². The Kier molecular flexibility index (Phi) is 3.26. The highest BCUT2D eigenvalue weighted by Crippen LogP contribution is 2.20. The first kappa shape index (κ1) is 11.2. The molecule has 1 rings (SSSR count). The fourth-order valence-electron chi connectivity index (χ4n) is 1.60. The summed E-state index contributed by atoms with van der Waals surface area (Å²) in [5, 5.41) is 4.02. The van der Waals surface area contributed by atoms with E-state index in [0.717, 1.165) is 18.7 Å². The highest BCUT2D eigenvalue weighted by molar-refractivity contribution is 4.89. The zero-order valence-electron chi connectivity index (χ0n) is 9.49. The number of nitrogens with zero attached hydrogens (tertiary/aromatic N) is 3. The Hall–Kier alpha value is -0.900. The molecule has 2 N–H and O–H groups in total. The van der Waals surface area contributed by atoms with Gasteiger partial charge in [-0.1, -0.05) is 20.8 Å². The molecule has 0 saturated heterocycles. The van der Waals surface area contributed by atoms with Crippen molar-refractivity contribution in [3.63, 3.8) is 0 Å². The first-order valence-corrected chi connectivity index (χ1v) is 4.97. The fourth-order valence-corrected chi connectivity index (χ4v) is 1.60. The molecule has 14 heavy (non-hydrogen) atoms. The molecule has 1 aromatic heterocycles. The molecule has 1 unspecified atom stereocenters. The van der Waals surface area contributed by atoms with Crippen molar-refractivity contribution in [2.45, 2.75) is 39.7 Å².